The highest BCUT2D eigenvalue weighted by molar-refractivity contribution is 7.10. The van der Waals surface area contributed by atoms with Crippen molar-refractivity contribution in [2.45, 2.75) is 78.7 Å². The zero-order valence-electron chi connectivity index (χ0n) is 34.8. The van der Waals surface area contributed by atoms with E-state index in [4.69, 9.17) is 19.4 Å². The summed E-state index contributed by atoms with van der Waals surface area (Å²) >= 11 is 1.48. The molecule has 4 aromatic rings. The van der Waals surface area contributed by atoms with Crippen molar-refractivity contribution >= 4 is 45.7 Å². The number of nitrogens with one attached hydrogen (secondary N) is 3. The number of benzene rings is 1. The first kappa shape index (κ1) is 40.4. The number of carbonyl (C=O) groups excluding carboxylic acids is 3. The third kappa shape index (κ3) is 8.11. The van der Waals surface area contributed by atoms with Crippen LogP contribution in [0.1, 0.15) is 63.4 Å². The van der Waals surface area contributed by atoms with E-state index in [9.17, 15) is 14.4 Å². The van der Waals surface area contributed by atoms with Gasteiger partial charge >= 0.3 is 5.97 Å². The van der Waals surface area contributed by atoms with Gasteiger partial charge in [0.05, 0.1) is 46.7 Å². The largest absolute Gasteiger partial charge is 0.463 e. The molecule has 6 bridgehead atoms. The van der Waals surface area contributed by atoms with Crippen LogP contribution in [0.4, 0.5) is 5.69 Å². The number of thiazole rings is 1. The molecule has 58 heavy (non-hydrogen) atoms. The monoisotopic (exact) mass is 811 g/mol. The molecule has 2 amide bonds. The van der Waals surface area contributed by atoms with Gasteiger partial charge in [-0.05, 0) is 63.4 Å². The van der Waals surface area contributed by atoms with E-state index in [1.54, 1.807) is 7.11 Å². The molecule has 2 saturated heterocycles. The molecule has 0 radical (unpaired) electrons. The second-order valence-electron chi connectivity index (χ2n) is 17.3. The molecule has 3 N–H and O–H groups in total. The Kier molecular flexibility index (Phi) is 11.4. The predicted octanol–water partition coefficient (Wildman–Crippen LogP) is 4.38. The van der Waals surface area contributed by atoms with Crippen LogP contribution < -0.4 is 21.0 Å². The fourth-order valence-electron chi connectivity index (χ4n) is 8.57. The van der Waals surface area contributed by atoms with Gasteiger partial charge in [0.25, 0.3) is 5.91 Å². The summed E-state index contributed by atoms with van der Waals surface area (Å²) in [6, 6.07) is 7.96. The fourth-order valence-corrected chi connectivity index (χ4v) is 9.42. The molecule has 1 aromatic carbocycles. The highest BCUT2D eigenvalue weighted by atomic mass is 32.1. The minimum atomic E-state index is -0.930. The Balaban J connectivity index is 1.26. The van der Waals surface area contributed by atoms with Crippen LogP contribution in [0.15, 0.2) is 35.8 Å². The van der Waals surface area contributed by atoms with Crippen LogP contribution in [0.3, 0.4) is 0 Å². The minimum Gasteiger partial charge on any atom is -0.463 e. The maximum atomic E-state index is 14.1. The molecule has 6 heterocycles. The Labute approximate surface area is 344 Å². The van der Waals surface area contributed by atoms with Crippen molar-refractivity contribution in [3.63, 3.8) is 0 Å². The number of piperazine rings is 1. The number of hydrazine groups is 1. The molecular weight excluding hydrogens is 755 g/mol. The van der Waals surface area contributed by atoms with Gasteiger partial charge in [-0.1, -0.05) is 26.8 Å². The van der Waals surface area contributed by atoms with Gasteiger partial charge in [-0.15, -0.1) is 11.3 Å². The molecule has 1 saturated carbocycles. The van der Waals surface area contributed by atoms with Crippen LogP contribution in [0.25, 0.3) is 33.4 Å². The van der Waals surface area contributed by atoms with Crippen molar-refractivity contribution in [1.29, 1.82) is 0 Å². The summed E-state index contributed by atoms with van der Waals surface area (Å²) in [5, 5.41) is 11.5. The standard InChI is InChI=1S/C43H57N9O5S/c1-8-51-35-10-9-27-18-30(35)32(38(51)31-19-28(22-45-37(31)26(3)56-7)50-15-13-49(6)14-16-50)21-43(4,5)24-57-42(55)39-44-11-12-52(48-39)41(54)33(20-36-46-34(27)23-58-36)47-40(53)29-17-25(29)2/h9-10,18-19,22-23,25-26,29,33,39,44,48H,8,11-17,20-21,24H2,1-7H3,(H,47,53)/t25-,26-,29-,33-,39+/m0/s1. The molecule has 14 nitrogen and oxygen atoms in total. The van der Waals surface area contributed by atoms with E-state index in [1.165, 1.54) is 16.3 Å². The smallest absolute Gasteiger partial charge is 0.339 e. The van der Waals surface area contributed by atoms with Gasteiger partial charge in [0.1, 0.15) is 6.04 Å². The molecule has 3 fully saturated rings. The summed E-state index contributed by atoms with van der Waals surface area (Å²) in [7, 11) is 3.88. The quantitative estimate of drug-likeness (QED) is 0.229. The molecule has 15 heteroatoms. The number of methoxy groups -OCH3 is 1. The maximum absolute atomic E-state index is 14.1. The van der Waals surface area contributed by atoms with E-state index in [1.807, 2.05) is 25.4 Å². The summed E-state index contributed by atoms with van der Waals surface area (Å²) in [6.45, 7) is 15.9. The molecule has 5 atom stereocenters. The van der Waals surface area contributed by atoms with Crippen LogP contribution in [0.2, 0.25) is 0 Å². The van der Waals surface area contributed by atoms with Crippen molar-refractivity contribution in [2.75, 3.05) is 64.9 Å². The Morgan fingerprint density at radius 1 is 1.16 bits per heavy atom. The summed E-state index contributed by atoms with van der Waals surface area (Å²) < 4.78 is 14.4. The Bertz CT molecular complexity index is 2190. The van der Waals surface area contributed by atoms with Gasteiger partial charge in [0.15, 0.2) is 6.17 Å². The lowest BCUT2D eigenvalue weighted by molar-refractivity contribution is -0.156. The van der Waals surface area contributed by atoms with E-state index >= 15 is 0 Å². The minimum absolute atomic E-state index is 0.102. The zero-order valence-corrected chi connectivity index (χ0v) is 35.6. The summed E-state index contributed by atoms with van der Waals surface area (Å²) in [4.78, 5) is 56.0. The van der Waals surface area contributed by atoms with E-state index in [-0.39, 0.29) is 42.8 Å². The van der Waals surface area contributed by atoms with Crippen molar-refractivity contribution in [1.82, 2.24) is 40.5 Å². The van der Waals surface area contributed by atoms with Crippen molar-refractivity contribution in [3.05, 3.63) is 52.1 Å². The zero-order chi connectivity index (χ0) is 40.9. The second kappa shape index (κ2) is 16.3. The van der Waals surface area contributed by atoms with Crippen LogP contribution in [-0.2, 0) is 43.2 Å². The highest BCUT2D eigenvalue weighted by Gasteiger charge is 2.42. The van der Waals surface area contributed by atoms with Crippen LogP contribution in [0, 0.1) is 17.3 Å². The van der Waals surface area contributed by atoms with E-state index < -0.39 is 23.6 Å². The lowest BCUT2D eigenvalue weighted by Crippen LogP contribution is -2.66. The number of carbonyl (C=O) groups is 3. The number of pyridine rings is 1. The number of aromatic nitrogens is 3. The lowest BCUT2D eigenvalue weighted by Gasteiger charge is -2.36. The van der Waals surface area contributed by atoms with Crippen LogP contribution in [-0.4, -0.2) is 114 Å². The number of rotatable bonds is 7. The predicted molar refractivity (Wildman–Crippen MR) is 225 cm³/mol. The number of esters is 1. The van der Waals surface area contributed by atoms with E-state index in [0.29, 0.717) is 19.5 Å². The number of anilines is 1. The first-order valence-electron chi connectivity index (χ1n) is 20.7. The van der Waals surface area contributed by atoms with Crippen molar-refractivity contribution in [2.24, 2.45) is 17.3 Å². The second-order valence-corrected chi connectivity index (χ2v) is 18.2. The SMILES string of the molecule is CCn1c(-c2cc(N3CCN(C)CC3)cnc2[C@H](C)OC)c2c3cc(ccc31)-c1csc(n1)C[C@H](NC(=O)[C@H]1C[C@@H]1C)C(=O)N1CCN[C@H](N1)C(=O)OCC(C)(C)C2. The van der Waals surface area contributed by atoms with Crippen LogP contribution in [0.5, 0.6) is 0 Å². The Morgan fingerprint density at radius 2 is 1.93 bits per heavy atom. The average Bonchev–Trinajstić information content (AvgIpc) is 3.65. The normalized spacial score (nSPS) is 24.7. The number of cyclic esters (lactones) is 1. The number of hydrogen-bond donors (Lipinski definition) is 3. The molecule has 1 aliphatic carbocycles. The molecule has 3 aromatic heterocycles. The first-order valence-corrected chi connectivity index (χ1v) is 21.6. The van der Waals surface area contributed by atoms with Crippen molar-refractivity contribution < 1.29 is 23.9 Å². The first-order chi connectivity index (χ1) is 27.8. The third-order valence-corrected chi connectivity index (χ3v) is 13.1. The van der Waals surface area contributed by atoms with Crippen LogP contribution >= 0.6 is 11.3 Å². The molecule has 0 unspecified atom stereocenters. The third-order valence-electron chi connectivity index (χ3n) is 12.3. The molecule has 3 aliphatic heterocycles. The topological polar surface area (TPSA) is 146 Å². The molecule has 0 spiro atoms. The molecular formula is C43H57N9O5S. The summed E-state index contributed by atoms with van der Waals surface area (Å²) in [5.74, 6) is -0.750. The van der Waals surface area contributed by atoms with Crippen molar-refractivity contribution in [3.8, 4) is 22.5 Å². The fraction of sp³-hybridized carbons (Fsp3) is 0.558. The average molecular weight is 812 g/mol. The number of ether oxygens (including phenoxy) is 2. The van der Waals surface area contributed by atoms with Gasteiger partial charge in [-0.25, -0.2) is 15.2 Å². The molecule has 8 rings (SSSR count). The molecule has 4 aliphatic rings. The van der Waals surface area contributed by atoms with Gasteiger partial charge in [0, 0.05) is 98.1 Å². The Hall–Kier alpha value is -4.41. The number of likely N-dealkylation sites (N-methyl/N-ethyl adjacent to an activating group) is 1. The number of hydrogen-bond acceptors (Lipinski definition) is 12. The van der Waals surface area contributed by atoms with Gasteiger partial charge in [-0.2, -0.15) is 0 Å². The lowest BCUT2D eigenvalue weighted by atomic mass is 9.84. The number of aryl methyl sites for hydroxylation is 1. The summed E-state index contributed by atoms with van der Waals surface area (Å²) in [6.07, 6.45) is 2.43. The maximum Gasteiger partial charge on any atom is 0.339 e. The van der Waals surface area contributed by atoms with Gasteiger partial charge < -0.3 is 29.2 Å². The van der Waals surface area contributed by atoms with Gasteiger partial charge in [0.2, 0.25) is 5.91 Å². The van der Waals surface area contributed by atoms with E-state index in [2.05, 4.69) is 82.5 Å². The number of amides is 2. The van der Waals surface area contributed by atoms with Gasteiger partial charge in [-0.3, -0.25) is 24.9 Å². The number of fused-ring (bicyclic) bond motifs is 6. The van der Waals surface area contributed by atoms with E-state index in [0.717, 1.165) is 94.5 Å². The highest BCUT2D eigenvalue weighted by Crippen LogP contribution is 2.43. The molecule has 310 valence electrons. The Morgan fingerprint density at radius 3 is 2.66 bits per heavy atom. The summed E-state index contributed by atoms with van der Waals surface area (Å²) in [5.41, 5.74) is 10.6. The number of nitrogens with zero attached hydrogens (tertiary/aromatic N) is 6.